The summed E-state index contributed by atoms with van der Waals surface area (Å²) in [5, 5.41) is 52.2. The number of rotatable bonds is 4. The highest BCUT2D eigenvalue weighted by atomic mass is 16.7. The van der Waals surface area contributed by atoms with Gasteiger partial charge in [0.1, 0.15) is 30.2 Å². The lowest BCUT2D eigenvalue weighted by Crippen LogP contribution is -2.67. The predicted molar refractivity (Wildman–Crippen MR) is 140 cm³/mol. The predicted octanol–water partition coefficient (Wildman–Crippen LogP) is 2.42. The van der Waals surface area contributed by atoms with E-state index in [9.17, 15) is 30.3 Å². The SMILES string of the molecule is CC(=O)[C@H]1CC[C@]2(C)[C@@H]1[C@H](O)C[C@@H]1[C@@]3(C)CC[C@H](O[C@@H]4O[C@H](CO)[C@@H](O)[C@H](O)[C@H]4O)C(C)(C)[C@@H]3CC[C@]12C. The Balaban J connectivity index is 1.40. The molecule has 1 saturated heterocycles. The van der Waals surface area contributed by atoms with E-state index in [4.69, 9.17) is 9.47 Å². The van der Waals surface area contributed by atoms with Gasteiger partial charge in [-0.2, -0.15) is 0 Å². The first-order chi connectivity index (χ1) is 17.6. The Labute approximate surface area is 227 Å². The van der Waals surface area contributed by atoms with E-state index in [1.807, 2.05) is 0 Å². The summed E-state index contributed by atoms with van der Waals surface area (Å²) in [6, 6.07) is 0. The summed E-state index contributed by atoms with van der Waals surface area (Å²) in [4.78, 5) is 12.5. The molecule has 8 nitrogen and oxygen atoms in total. The van der Waals surface area contributed by atoms with Gasteiger partial charge in [-0.1, -0.05) is 34.6 Å². The Morgan fingerprint density at radius 2 is 1.53 bits per heavy atom. The molecule has 38 heavy (non-hydrogen) atoms. The smallest absolute Gasteiger partial charge is 0.186 e. The molecule has 0 bridgehead atoms. The van der Waals surface area contributed by atoms with Crippen LogP contribution < -0.4 is 0 Å². The van der Waals surface area contributed by atoms with Gasteiger partial charge in [-0.3, -0.25) is 4.79 Å². The van der Waals surface area contributed by atoms with Crippen molar-refractivity contribution in [3.05, 3.63) is 0 Å². The van der Waals surface area contributed by atoms with Gasteiger partial charge in [-0.15, -0.1) is 0 Å². The minimum Gasteiger partial charge on any atom is -0.394 e. The van der Waals surface area contributed by atoms with Crippen LogP contribution in [0.15, 0.2) is 0 Å². The molecule has 0 aromatic rings. The van der Waals surface area contributed by atoms with E-state index in [1.54, 1.807) is 6.92 Å². The number of aliphatic hydroxyl groups is 5. The van der Waals surface area contributed by atoms with Crippen molar-refractivity contribution in [3.63, 3.8) is 0 Å². The van der Waals surface area contributed by atoms with E-state index in [2.05, 4.69) is 34.6 Å². The minimum absolute atomic E-state index is 0.0188. The Kier molecular flexibility index (Phi) is 7.20. The maximum Gasteiger partial charge on any atom is 0.186 e. The van der Waals surface area contributed by atoms with E-state index < -0.39 is 43.4 Å². The second-order valence-corrected chi connectivity index (χ2v) is 14.8. The van der Waals surface area contributed by atoms with Crippen molar-refractivity contribution in [2.75, 3.05) is 6.61 Å². The molecule has 1 aliphatic heterocycles. The molecule has 4 saturated carbocycles. The topological polar surface area (TPSA) is 137 Å². The number of carbonyl (C=O) groups excluding carboxylic acids is 1. The number of aliphatic hydroxyl groups excluding tert-OH is 5. The first-order valence-corrected chi connectivity index (χ1v) is 14.8. The summed E-state index contributed by atoms with van der Waals surface area (Å²) in [6.07, 6.45) is -0.818. The van der Waals surface area contributed by atoms with Crippen LogP contribution in [0.5, 0.6) is 0 Å². The fourth-order valence-corrected chi connectivity index (χ4v) is 10.8. The molecule has 0 aromatic carbocycles. The summed E-state index contributed by atoms with van der Waals surface area (Å²) in [5.41, 5.74) is -0.330. The standard InChI is InChI=1S/C30H50O8/c1-15(32)16-7-11-30(6)22(16)17(33)13-20-28(4)10-9-21(27(2,3)19(28)8-12-29(20,30)5)38-26-25(36)24(35)23(34)18(14-31)37-26/h16-26,31,33-36H,7-14H2,1-6H3/t16-,17-,18-,19+,20-,21+,22+,23-,24+,25-,26+,28+,29-,30-/m1/s1. The first-order valence-electron chi connectivity index (χ1n) is 14.8. The van der Waals surface area contributed by atoms with Gasteiger partial charge in [0, 0.05) is 11.8 Å². The molecular formula is C30H50O8. The van der Waals surface area contributed by atoms with Gasteiger partial charge < -0.3 is 35.0 Å². The molecule has 5 aliphatic rings. The maximum atomic E-state index is 12.5. The lowest BCUT2D eigenvalue weighted by Gasteiger charge is -2.70. The molecule has 5 rings (SSSR count). The molecule has 0 aromatic heterocycles. The van der Waals surface area contributed by atoms with Gasteiger partial charge in [0.15, 0.2) is 6.29 Å². The van der Waals surface area contributed by atoms with E-state index in [1.165, 1.54) is 0 Å². The highest BCUT2D eigenvalue weighted by Crippen LogP contribution is 2.75. The Morgan fingerprint density at radius 3 is 2.16 bits per heavy atom. The Morgan fingerprint density at radius 1 is 0.868 bits per heavy atom. The Bertz CT molecular complexity index is 922. The number of fused-ring (bicyclic) bond motifs is 5. The third kappa shape index (κ3) is 3.84. The summed E-state index contributed by atoms with van der Waals surface area (Å²) < 4.78 is 12.1. The first kappa shape index (κ1) is 28.9. The normalized spacial score (nSPS) is 56.0. The second-order valence-electron chi connectivity index (χ2n) is 14.8. The van der Waals surface area contributed by atoms with Crippen LogP contribution in [0.3, 0.4) is 0 Å². The maximum absolute atomic E-state index is 12.5. The highest BCUT2D eigenvalue weighted by Gasteiger charge is 2.70. The molecule has 5 fully saturated rings. The Hall–Kier alpha value is -0.610. The van der Waals surface area contributed by atoms with E-state index in [0.29, 0.717) is 11.8 Å². The zero-order chi connectivity index (χ0) is 28.0. The van der Waals surface area contributed by atoms with Crippen LogP contribution in [0.2, 0.25) is 0 Å². The average molecular weight is 539 g/mol. The van der Waals surface area contributed by atoms with Crippen molar-refractivity contribution in [2.24, 2.45) is 45.3 Å². The van der Waals surface area contributed by atoms with Crippen molar-refractivity contribution in [1.82, 2.24) is 0 Å². The molecular weight excluding hydrogens is 488 g/mol. The van der Waals surface area contributed by atoms with Crippen molar-refractivity contribution in [3.8, 4) is 0 Å². The van der Waals surface area contributed by atoms with Crippen LogP contribution in [0.1, 0.15) is 86.5 Å². The molecule has 0 amide bonds. The molecule has 1 heterocycles. The van der Waals surface area contributed by atoms with Gasteiger partial charge >= 0.3 is 0 Å². The quantitative estimate of drug-likeness (QED) is 0.344. The van der Waals surface area contributed by atoms with Gasteiger partial charge in [-0.05, 0) is 85.4 Å². The molecule has 14 atom stereocenters. The van der Waals surface area contributed by atoms with E-state index >= 15 is 0 Å². The fraction of sp³-hybridized carbons (Fsp3) is 0.967. The van der Waals surface area contributed by atoms with Gasteiger partial charge in [0.05, 0.1) is 18.8 Å². The van der Waals surface area contributed by atoms with E-state index in [0.717, 1.165) is 44.9 Å². The molecule has 5 N–H and O–H groups in total. The summed E-state index contributed by atoms with van der Waals surface area (Å²) in [6.45, 7) is 12.8. The lowest BCUT2D eigenvalue weighted by atomic mass is 9.35. The largest absolute Gasteiger partial charge is 0.394 e. The van der Waals surface area contributed by atoms with Crippen LogP contribution in [0.4, 0.5) is 0 Å². The molecule has 4 aliphatic carbocycles. The number of carbonyl (C=O) groups is 1. The van der Waals surface area contributed by atoms with Crippen LogP contribution in [0.25, 0.3) is 0 Å². The average Bonchev–Trinajstić information content (AvgIpc) is 3.22. The van der Waals surface area contributed by atoms with Crippen LogP contribution in [-0.4, -0.2) is 80.8 Å². The van der Waals surface area contributed by atoms with Crippen LogP contribution in [-0.2, 0) is 14.3 Å². The zero-order valence-corrected chi connectivity index (χ0v) is 24.0. The van der Waals surface area contributed by atoms with Crippen molar-refractivity contribution in [1.29, 1.82) is 0 Å². The van der Waals surface area contributed by atoms with Crippen LogP contribution in [0, 0.1) is 45.3 Å². The highest BCUT2D eigenvalue weighted by molar-refractivity contribution is 5.79. The van der Waals surface area contributed by atoms with Crippen molar-refractivity contribution >= 4 is 5.78 Å². The minimum atomic E-state index is -1.46. The number of hydrogen-bond donors (Lipinski definition) is 5. The van der Waals surface area contributed by atoms with Crippen molar-refractivity contribution < 1.29 is 39.8 Å². The monoisotopic (exact) mass is 538 g/mol. The van der Waals surface area contributed by atoms with E-state index in [-0.39, 0.29) is 45.4 Å². The van der Waals surface area contributed by atoms with Gasteiger partial charge in [-0.25, -0.2) is 0 Å². The fourth-order valence-electron chi connectivity index (χ4n) is 10.8. The number of hydrogen-bond acceptors (Lipinski definition) is 8. The molecule has 218 valence electrons. The summed E-state index contributed by atoms with van der Waals surface area (Å²) >= 11 is 0. The van der Waals surface area contributed by atoms with Gasteiger partial charge in [0.25, 0.3) is 0 Å². The number of Topliss-reactive ketones (excluding diaryl/α,β-unsaturated/α-hetero) is 1. The third-order valence-corrected chi connectivity index (χ3v) is 13.0. The van der Waals surface area contributed by atoms with Crippen LogP contribution >= 0.6 is 0 Å². The number of ketones is 1. The number of ether oxygens (including phenoxy) is 2. The molecule has 0 spiro atoms. The lowest BCUT2D eigenvalue weighted by molar-refractivity contribution is -0.331. The molecule has 0 radical (unpaired) electrons. The summed E-state index contributed by atoms with van der Waals surface area (Å²) in [7, 11) is 0. The van der Waals surface area contributed by atoms with Crippen molar-refractivity contribution in [2.45, 2.75) is 129 Å². The molecule has 8 heteroatoms. The molecule has 0 unspecified atom stereocenters. The second kappa shape index (κ2) is 9.47. The van der Waals surface area contributed by atoms with Gasteiger partial charge in [0.2, 0.25) is 0 Å². The zero-order valence-electron chi connectivity index (χ0n) is 24.0. The third-order valence-electron chi connectivity index (χ3n) is 13.0. The summed E-state index contributed by atoms with van der Waals surface area (Å²) in [5.74, 6) is 0.835.